The van der Waals surface area contributed by atoms with Crippen LogP contribution >= 0.6 is 11.6 Å². The number of hydrogen-bond donors (Lipinski definition) is 1. The summed E-state index contributed by atoms with van der Waals surface area (Å²) in [6.07, 6.45) is 7.85. The zero-order valence-electron chi connectivity index (χ0n) is 11.3. The lowest BCUT2D eigenvalue weighted by Gasteiger charge is -2.32. The first-order valence-electron chi connectivity index (χ1n) is 7.27. The smallest absolute Gasteiger partial charge is 0.0408 e. The molecule has 1 aliphatic rings. The largest absolute Gasteiger partial charge is 0.314 e. The van der Waals surface area contributed by atoms with Crippen LogP contribution in [0.15, 0.2) is 24.3 Å². The summed E-state index contributed by atoms with van der Waals surface area (Å²) in [4.78, 5) is 0. The van der Waals surface area contributed by atoms with E-state index in [1.807, 2.05) is 6.07 Å². The van der Waals surface area contributed by atoms with E-state index in [1.54, 1.807) is 0 Å². The van der Waals surface area contributed by atoms with Crippen LogP contribution in [0, 0.1) is 5.92 Å². The topological polar surface area (TPSA) is 12.0 Å². The minimum absolute atomic E-state index is 0.706. The van der Waals surface area contributed by atoms with E-state index in [0.717, 1.165) is 17.5 Å². The molecule has 100 valence electrons. The molecular weight excluding hydrogens is 242 g/mol. The lowest BCUT2D eigenvalue weighted by Crippen LogP contribution is -2.39. The van der Waals surface area contributed by atoms with E-state index in [4.69, 9.17) is 11.6 Å². The second kappa shape index (κ2) is 7.16. The summed E-state index contributed by atoms with van der Waals surface area (Å²) in [5.74, 6) is 0.781. The predicted molar refractivity (Wildman–Crippen MR) is 79.2 cm³/mol. The average molecular weight is 266 g/mol. The third-order valence-corrected chi connectivity index (χ3v) is 4.19. The van der Waals surface area contributed by atoms with E-state index in [-0.39, 0.29) is 0 Å². The maximum absolute atomic E-state index is 6.07. The van der Waals surface area contributed by atoms with Gasteiger partial charge in [-0.25, -0.2) is 0 Å². The van der Waals surface area contributed by atoms with Crippen LogP contribution in [0.4, 0.5) is 0 Å². The molecule has 0 amide bonds. The van der Waals surface area contributed by atoms with Crippen molar-refractivity contribution in [3.63, 3.8) is 0 Å². The number of nitrogens with one attached hydrogen (secondary N) is 1. The van der Waals surface area contributed by atoms with Gasteiger partial charge in [0.05, 0.1) is 0 Å². The normalized spacial score (nSPS) is 24.1. The summed E-state index contributed by atoms with van der Waals surface area (Å²) in [6, 6.07) is 9.05. The van der Waals surface area contributed by atoms with Crippen LogP contribution in [-0.2, 0) is 6.42 Å². The predicted octanol–water partition coefficient (Wildman–Crippen LogP) is 4.44. The van der Waals surface area contributed by atoms with Gasteiger partial charge in [0.15, 0.2) is 0 Å². The fourth-order valence-corrected chi connectivity index (χ4v) is 3.23. The summed E-state index contributed by atoms with van der Waals surface area (Å²) < 4.78 is 0. The molecule has 1 saturated carbocycles. The van der Waals surface area contributed by atoms with Crippen LogP contribution in [0.3, 0.4) is 0 Å². The lowest BCUT2D eigenvalue weighted by atomic mass is 9.80. The van der Waals surface area contributed by atoms with Crippen molar-refractivity contribution < 1.29 is 0 Å². The van der Waals surface area contributed by atoms with E-state index < -0.39 is 0 Å². The summed E-state index contributed by atoms with van der Waals surface area (Å²) in [7, 11) is 0. The molecule has 2 heteroatoms. The highest BCUT2D eigenvalue weighted by Gasteiger charge is 2.24. The van der Waals surface area contributed by atoms with E-state index >= 15 is 0 Å². The van der Waals surface area contributed by atoms with Crippen molar-refractivity contribution in [2.24, 2.45) is 5.92 Å². The fraction of sp³-hybridized carbons (Fsp3) is 0.625. The van der Waals surface area contributed by atoms with Gasteiger partial charge in [0.25, 0.3) is 0 Å². The summed E-state index contributed by atoms with van der Waals surface area (Å²) in [5, 5.41) is 4.59. The molecule has 1 fully saturated rings. The molecule has 0 aromatic heterocycles. The van der Waals surface area contributed by atoms with Gasteiger partial charge in [0.1, 0.15) is 0 Å². The zero-order valence-corrected chi connectivity index (χ0v) is 12.0. The van der Waals surface area contributed by atoms with E-state index in [1.165, 1.54) is 44.1 Å². The second-order valence-electron chi connectivity index (χ2n) is 5.44. The Balaban J connectivity index is 1.96. The van der Waals surface area contributed by atoms with Crippen LogP contribution in [0.2, 0.25) is 5.02 Å². The Bertz CT molecular complexity index is 364. The van der Waals surface area contributed by atoms with Gasteiger partial charge in [-0.2, -0.15) is 0 Å². The van der Waals surface area contributed by atoms with Gasteiger partial charge in [0.2, 0.25) is 0 Å². The molecule has 0 bridgehead atoms. The Morgan fingerprint density at radius 1 is 1.28 bits per heavy atom. The number of hydrogen-bond acceptors (Lipinski definition) is 1. The van der Waals surface area contributed by atoms with E-state index in [2.05, 4.69) is 30.4 Å². The third kappa shape index (κ3) is 4.00. The first-order chi connectivity index (χ1) is 8.79. The van der Waals surface area contributed by atoms with Crippen LogP contribution < -0.4 is 5.32 Å². The third-order valence-electron chi connectivity index (χ3n) is 3.95. The standard InChI is InChI=1S/C16H24ClN/c1-2-10-18-16-9-4-3-7-14(16)11-13-6-5-8-15(17)12-13/h5-6,8,12,14,16,18H,2-4,7,9-11H2,1H3. The lowest BCUT2D eigenvalue weighted by molar-refractivity contribution is 0.261. The molecule has 2 unspecified atom stereocenters. The average Bonchev–Trinajstić information content (AvgIpc) is 2.38. The van der Waals surface area contributed by atoms with Gasteiger partial charge in [-0.15, -0.1) is 0 Å². The maximum Gasteiger partial charge on any atom is 0.0408 e. The molecule has 0 aliphatic heterocycles. The highest BCUT2D eigenvalue weighted by molar-refractivity contribution is 6.30. The maximum atomic E-state index is 6.07. The van der Waals surface area contributed by atoms with Crippen LogP contribution in [0.5, 0.6) is 0 Å². The summed E-state index contributed by atoms with van der Waals surface area (Å²) in [6.45, 7) is 3.39. The minimum Gasteiger partial charge on any atom is -0.314 e. The van der Waals surface area contributed by atoms with Crippen molar-refractivity contribution in [2.75, 3.05) is 6.54 Å². The summed E-state index contributed by atoms with van der Waals surface area (Å²) >= 11 is 6.07. The molecule has 1 aromatic rings. The van der Waals surface area contributed by atoms with Crippen LogP contribution in [0.25, 0.3) is 0 Å². The van der Waals surface area contributed by atoms with Gasteiger partial charge >= 0.3 is 0 Å². The van der Waals surface area contributed by atoms with Crippen molar-refractivity contribution in [3.8, 4) is 0 Å². The Labute approximate surface area is 116 Å². The van der Waals surface area contributed by atoms with Crippen molar-refractivity contribution in [3.05, 3.63) is 34.9 Å². The van der Waals surface area contributed by atoms with E-state index in [9.17, 15) is 0 Å². The molecule has 0 radical (unpaired) electrons. The molecule has 1 aliphatic carbocycles. The number of halogens is 1. The Hall–Kier alpha value is -0.530. The van der Waals surface area contributed by atoms with Crippen molar-refractivity contribution in [1.29, 1.82) is 0 Å². The number of benzene rings is 1. The molecule has 0 heterocycles. The first kappa shape index (κ1) is 13.9. The second-order valence-corrected chi connectivity index (χ2v) is 5.88. The molecule has 18 heavy (non-hydrogen) atoms. The molecule has 0 saturated heterocycles. The summed E-state index contributed by atoms with van der Waals surface area (Å²) in [5.41, 5.74) is 1.39. The molecule has 2 rings (SSSR count). The highest BCUT2D eigenvalue weighted by Crippen LogP contribution is 2.28. The molecule has 1 N–H and O–H groups in total. The van der Waals surface area contributed by atoms with E-state index in [0.29, 0.717) is 6.04 Å². The van der Waals surface area contributed by atoms with Gasteiger partial charge in [-0.05, 0) is 55.8 Å². The Morgan fingerprint density at radius 3 is 2.89 bits per heavy atom. The quantitative estimate of drug-likeness (QED) is 0.830. The monoisotopic (exact) mass is 265 g/mol. The van der Waals surface area contributed by atoms with Crippen molar-refractivity contribution in [1.82, 2.24) is 5.32 Å². The fourth-order valence-electron chi connectivity index (χ4n) is 3.02. The Kier molecular flexibility index (Phi) is 5.52. The SMILES string of the molecule is CCCNC1CCCCC1Cc1cccc(Cl)c1. The minimum atomic E-state index is 0.706. The number of rotatable bonds is 5. The van der Waals surface area contributed by atoms with Crippen molar-refractivity contribution in [2.45, 2.75) is 51.5 Å². The molecule has 1 aromatic carbocycles. The highest BCUT2D eigenvalue weighted by atomic mass is 35.5. The van der Waals surface area contributed by atoms with Gasteiger partial charge < -0.3 is 5.32 Å². The van der Waals surface area contributed by atoms with Gasteiger partial charge in [-0.1, -0.05) is 43.5 Å². The van der Waals surface area contributed by atoms with Crippen molar-refractivity contribution >= 4 is 11.6 Å². The molecule has 2 atom stereocenters. The van der Waals surface area contributed by atoms with Crippen LogP contribution in [0.1, 0.15) is 44.6 Å². The first-order valence-corrected chi connectivity index (χ1v) is 7.65. The molecular formula is C16H24ClN. The van der Waals surface area contributed by atoms with Crippen LogP contribution in [-0.4, -0.2) is 12.6 Å². The zero-order chi connectivity index (χ0) is 12.8. The van der Waals surface area contributed by atoms with Gasteiger partial charge in [-0.3, -0.25) is 0 Å². The molecule has 0 spiro atoms. The molecule has 1 nitrogen and oxygen atoms in total. The Morgan fingerprint density at radius 2 is 2.11 bits per heavy atom. The van der Waals surface area contributed by atoms with Gasteiger partial charge in [0, 0.05) is 11.1 Å².